The summed E-state index contributed by atoms with van der Waals surface area (Å²) in [6.45, 7) is 0.676. The molecule has 0 aliphatic carbocycles. The Bertz CT molecular complexity index is 450. The molecule has 78 valence electrons. The molecule has 0 unspecified atom stereocenters. The van der Waals surface area contributed by atoms with Crippen molar-refractivity contribution >= 4 is 0 Å². The molecule has 0 aliphatic rings. The van der Waals surface area contributed by atoms with Crippen LogP contribution in [-0.4, -0.2) is 7.05 Å². The fourth-order valence-electron chi connectivity index (χ4n) is 1.44. The standard InChI is InChI=1S/C12H12FNO/c1-14-8-11-5-6-12(15-11)9-3-2-4-10(13)7-9/h2-7,14H,8H2,1H3. The van der Waals surface area contributed by atoms with Crippen LogP contribution in [0.15, 0.2) is 40.8 Å². The van der Waals surface area contributed by atoms with Crippen molar-refractivity contribution in [1.82, 2.24) is 5.32 Å². The van der Waals surface area contributed by atoms with E-state index in [-0.39, 0.29) is 5.82 Å². The molecule has 1 N–H and O–H groups in total. The Morgan fingerprint density at radius 3 is 2.87 bits per heavy atom. The SMILES string of the molecule is CNCc1ccc(-c2cccc(F)c2)o1. The first-order chi connectivity index (χ1) is 7.29. The van der Waals surface area contributed by atoms with E-state index in [0.29, 0.717) is 12.3 Å². The third-order valence-electron chi connectivity index (χ3n) is 2.12. The highest BCUT2D eigenvalue weighted by Gasteiger charge is 2.04. The van der Waals surface area contributed by atoms with Crippen LogP contribution in [0.2, 0.25) is 0 Å². The van der Waals surface area contributed by atoms with Crippen molar-refractivity contribution in [2.75, 3.05) is 7.05 Å². The molecule has 2 rings (SSSR count). The van der Waals surface area contributed by atoms with Gasteiger partial charge in [0.05, 0.1) is 6.54 Å². The molecule has 0 fully saturated rings. The second kappa shape index (κ2) is 4.28. The van der Waals surface area contributed by atoms with Crippen molar-refractivity contribution in [3.8, 4) is 11.3 Å². The number of hydrogen-bond donors (Lipinski definition) is 1. The van der Waals surface area contributed by atoms with Crippen molar-refractivity contribution < 1.29 is 8.81 Å². The lowest BCUT2D eigenvalue weighted by Gasteiger charge is -1.97. The molecule has 2 aromatic rings. The van der Waals surface area contributed by atoms with E-state index in [1.807, 2.05) is 25.2 Å². The largest absolute Gasteiger partial charge is 0.460 e. The third kappa shape index (κ3) is 2.25. The van der Waals surface area contributed by atoms with Crippen LogP contribution in [-0.2, 0) is 6.54 Å². The normalized spacial score (nSPS) is 10.5. The maximum absolute atomic E-state index is 13.0. The van der Waals surface area contributed by atoms with Gasteiger partial charge in [-0.25, -0.2) is 4.39 Å². The Morgan fingerprint density at radius 2 is 2.13 bits per heavy atom. The molecular formula is C12H12FNO. The van der Waals surface area contributed by atoms with Gasteiger partial charge in [0.1, 0.15) is 17.3 Å². The molecular weight excluding hydrogens is 193 g/mol. The van der Waals surface area contributed by atoms with E-state index in [1.54, 1.807) is 6.07 Å². The van der Waals surface area contributed by atoms with Gasteiger partial charge >= 0.3 is 0 Å². The lowest BCUT2D eigenvalue weighted by atomic mass is 10.2. The number of hydrogen-bond acceptors (Lipinski definition) is 2. The monoisotopic (exact) mass is 205 g/mol. The molecule has 2 nitrogen and oxygen atoms in total. The zero-order valence-corrected chi connectivity index (χ0v) is 8.46. The predicted molar refractivity (Wildman–Crippen MR) is 56.9 cm³/mol. The molecule has 1 aromatic carbocycles. The summed E-state index contributed by atoms with van der Waals surface area (Å²) in [5.74, 6) is 1.29. The van der Waals surface area contributed by atoms with Gasteiger partial charge in [0, 0.05) is 5.56 Å². The van der Waals surface area contributed by atoms with Crippen molar-refractivity contribution in [2.24, 2.45) is 0 Å². The van der Waals surface area contributed by atoms with Gasteiger partial charge in [-0.05, 0) is 31.3 Å². The van der Waals surface area contributed by atoms with E-state index < -0.39 is 0 Å². The molecule has 15 heavy (non-hydrogen) atoms. The molecule has 0 spiro atoms. The fourth-order valence-corrected chi connectivity index (χ4v) is 1.44. The van der Waals surface area contributed by atoms with Gasteiger partial charge in [0.2, 0.25) is 0 Å². The minimum absolute atomic E-state index is 0.251. The van der Waals surface area contributed by atoms with E-state index in [0.717, 1.165) is 11.3 Å². The molecule has 1 aromatic heterocycles. The van der Waals surface area contributed by atoms with Crippen molar-refractivity contribution in [3.63, 3.8) is 0 Å². The van der Waals surface area contributed by atoms with Crippen molar-refractivity contribution in [1.29, 1.82) is 0 Å². The molecule has 0 bridgehead atoms. The van der Waals surface area contributed by atoms with Crippen molar-refractivity contribution in [3.05, 3.63) is 48.0 Å². The summed E-state index contributed by atoms with van der Waals surface area (Å²) in [5.41, 5.74) is 0.761. The Kier molecular flexibility index (Phi) is 2.83. The maximum Gasteiger partial charge on any atom is 0.134 e. The Hall–Kier alpha value is -1.61. The summed E-state index contributed by atoms with van der Waals surface area (Å²) in [4.78, 5) is 0. The number of benzene rings is 1. The van der Waals surface area contributed by atoms with Crippen molar-refractivity contribution in [2.45, 2.75) is 6.54 Å². The average Bonchev–Trinajstić information content (AvgIpc) is 2.67. The van der Waals surface area contributed by atoms with E-state index in [9.17, 15) is 4.39 Å². The average molecular weight is 205 g/mol. The fraction of sp³-hybridized carbons (Fsp3) is 0.167. The molecule has 1 heterocycles. The van der Waals surface area contributed by atoms with Crippen LogP contribution in [0, 0.1) is 5.82 Å². The smallest absolute Gasteiger partial charge is 0.134 e. The minimum atomic E-state index is -0.251. The summed E-state index contributed by atoms with van der Waals surface area (Å²) in [5, 5.41) is 2.99. The van der Waals surface area contributed by atoms with E-state index >= 15 is 0 Å². The molecule has 0 atom stereocenters. The Labute approximate surface area is 87.7 Å². The zero-order chi connectivity index (χ0) is 10.7. The second-order valence-electron chi connectivity index (χ2n) is 3.31. The third-order valence-corrected chi connectivity index (χ3v) is 2.12. The Morgan fingerprint density at radius 1 is 1.27 bits per heavy atom. The number of rotatable bonds is 3. The number of halogens is 1. The molecule has 0 saturated heterocycles. The summed E-state index contributed by atoms with van der Waals surface area (Å²) in [7, 11) is 1.85. The summed E-state index contributed by atoms with van der Waals surface area (Å²) in [6.07, 6.45) is 0. The maximum atomic E-state index is 13.0. The van der Waals surface area contributed by atoms with Crippen LogP contribution in [0.1, 0.15) is 5.76 Å². The predicted octanol–water partition coefficient (Wildman–Crippen LogP) is 2.81. The van der Waals surface area contributed by atoms with Crippen LogP contribution in [0.3, 0.4) is 0 Å². The van der Waals surface area contributed by atoms with Gasteiger partial charge in [0.15, 0.2) is 0 Å². The van der Waals surface area contributed by atoms with Crippen LogP contribution >= 0.6 is 0 Å². The molecule has 0 saturated carbocycles. The topological polar surface area (TPSA) is 25.2 Å². The first kappa shape index (κ1) is 9.93. The van der Waals surface area contributed by atoms with E-state index in [1.165, 1.54) is 12.1 Å². The first-order valence-corrected chi connectivity index (χ1v) is 4.79. The highest BCUT2D eigenvalue weighted by Crippen LogP contribution is 2.22. The summed E-state index contributed by atoms with van der Waals surface area (Å²) in [6, 6.07) is 10.1. The second-order valence-corrected chi connectivity index (χ2v) is 3.31. The van der Waals surface area contributed by atoms with Crippen LogP contribution in [0.4, 0.5) is 4.39 Å². The lowest BCUT2D eigenvalue weighted by molar-refractivity contribution is 0.506. The first-order valence-electron chi connectivity index (χ1n) is 4.79. The number of furan rings is 1. The van der Waals surface area contributed by atoms with Gasteiger partial charge in [-0.2, -0.15) is 0 Å². The van der Waals surface area contributed by atoms with Gasteiger partial charge in [-0.15, -0.1) is 0 Å². The van der Waals surface area contributed by atoms with Gasteiger partial charge in [0.25, 0.3) is 0 Å². The number of nitrogens with one attached hydrogen (secondary N) is 1. The summed E-state index contributed by atoms with van der Waals surface area (Å²) < 4.78 is 18.5. The summed E-state index contributed by atoms with van der Waals surface area (Å²) >= 11 is 0. The van der Waals surface area contributed by atoms with Gasteiger partial charge < -0.3 is 9.73 Å². The van der Waals surface area contributed by atoms with Crippen LogP contribution < -0.4 is 5.32 Å². The Balaban J connectivity index is 2.29. The van der Waals surface area contributed by atoms with Crippen LogP contribution in [0.25, 0.3) is 11.3 Å². The van der Waals surface area contributed by atoms with Gasteiger partial charge in [-0.3, -0.25) is 0 Å². The molecule has 3 heteroatoms. The minimum Gasteiger partial charge on any atom is -0.460 e. The quantitative estimate of drug-likeness (QED) is 0.833. The molecule has 0 aliphatic heterocycles. The molecule has 0 amide bonds. The van der Waals surface area contributed by atoms with E-state index in [2.05, 4.69) is 5.32 Å². The van der Waals surface area contributed by atoms with Crippen LogP contribution in [0.5, 0.6) is 0 Å². The van der Waals surface area contributed by atoms with Gasteiger partial charge in [-0.1, -0.05) is 12.1 Å². The highest BCUT2D eigenvalue weighted by atomic mass is 19.1. The zero-order valence-electron chi connectivity index (χ0n) is 8.46. The molecule has 0 radical (unpaired) electrons. The lowest BCUT2D eigenvalue weighted by Crippen LogP contribution is -2.03. The highest BCUT2D eigenvalue weighted by molar-refractivity contribution is 5.57. The van der Waals surface area contributed by atoms with E-state index in [4.69, 9.17) is 4.42 Å².